The summed E-state index contributed by atoms with van der Waals surface area (Å²) in [5.74, 6) is -1.01. The molecule has 2 aliphatic rings. The number of benzene rings is 2. The van der Waals surface area contributed by atoms with Gasteiger partial charge in [0.1, 0.15) is 0 Å². The van der Waals surface area contributed by atoms with Crippen molar-refractivity contribution in [3.05, 3.63) is 100 Å². The number of thioether (sulfide) groups is 1. The number of aliphatic carboxylic acids is 1. The van der Waals surface area contributed by atoms with Crippen LogP contribution in [0.4, 0.5) is 5.69 Å². The van der Waals surface area contributed by atoms with Crippen LogP contribution in [0, 0.1) is 5.41 Å². The van der Waals surface area contributed by atoms with Crippen molar-refractivity contribution in [3.8, 4) is 5.69 Å². The summed E-state index contributed by atoms with van der Waals surface area (Å²) in [6, 6.07) is 17.9. The SMILES string of the molecule is CC1=CN([C@@H]2[C@@H](c3ccccc3)N(c3ccc4c(cnn4-c4ccc(=O)n(C)c4)c3)C(=O)C2(C)C)C(C(=O)O)S1. The van der Waals surface area contributed by atoms with Gasteiger partial charge in [-0.15, -0.1) is 0 Å². The maximum Gasteiger partial charge on any atom is 0.337 e. The van der Waals surface area contributed by atoms with Gasteiger partial charge < -0.3 is 19.5 Å². The van der Waals surface area contributed by atoms with Crippen LogP contribution in [0.25, 0.3) is 16.6 Å². The predicted molar refractivity (Wildman–Crippen MR) is 155 cm³/mol. The highest BCUT2D eigenvalue weighted by Gasteiger charge is 2.58. The Labute approximate surface area is 235 Å². The zero-order valence-corrected chi connectivity index (χ0v) is 23.4. The molecule has 3 atom stereocenters. The summed E-state index contributed by atoms with van der Waals surface area (Å²) in [5, 5.41) is 14.6. The molecule has 1 unspecified atom stereocenters. The number of amides is 1. The first kappa shape index (κ1) is 25.9. The normalized spacial score (nSPS) is 22.2. The maximum absolute atomic E-state index is 14.2. The third-order valence-corrected chi connectivity index (χ3v) is 8.95. The molecular weight excluding hydrogens is 526 g/mol. The van der Waals surface area contributed by atoms with Crippen molar-refractivity contribution in [1.29, 1.82) is 0 Å². The number of nitrogens with zero attached hydrogens (tertiary/aromatic N) is 5. The summed E-state index contributed by atoms with van der Waals surface area (Å²) in [6.45, 7) is 5.70. The van der Waals surface area contributed by atoms with Crippen molar-refractivity contribution in [2.45, 2.75) is 38.2 Å². The Morgan fingerprint density at radius 3 is 2.45 bits per heavy atom. The first-order valence-corrected chi connectivity index (χ1v) is 13.8. The minimum Gasteiger partial charge on any atom is -0.479 e. The molecule has 1 fully saturated rings. The Bertz CT molecular complexity index is 1740. The Morgan fingerprint density at radius 2 is 1.75 bits per heavy atom. The number of allylic oxidation sites excluding steroid dienone is 1. The number of carbonyl (C=O) groups is 2. The van der Waals surface area contributed by atoms with Crippen molar-refractivity contribution in [2.24, 2.45) is 12.5 Å². The van der Waals surface area contributed by atoms with Crippen LogP contribution in [0.3, 0.4) is 0 Å². The number of pyridine rings is 1. The number of carbonyl (C=O) groups excluding carboxylic acids is 1. The van der Waals surface area contributed by atoms with Crippen LogP contribution in [-0.4, -0.2) is 47.6 Å². The van der Waals surface area contributed by atoms with E-state index in [0.29, 0.717) is 5.69 Å². The average Bonchev–Trinajstić information content (AvgIpc) is 3.58. The van der Waals surface area contributed by atoms with Crippen LogP contribution < -0.4 is 10.5 Å². The molecule has 4 heterocycles. The number of carboxylic acid groups (broad SMARTS) is 1. The Morgan fingerprint density at radius 1 is 1.02 bits per heavy atom. The van der Waals surface area contributed by atoms with Crippen LogP contribution in [-0.2, 0) is 16.6 Å². The number of fused-ring (bicyclic) bond motifs is 1. The molecule has 0 saturated carbocycles. The highest BCUT2D eigenvalue weighted by atomic mass is 32.2. The number of rotatable bonds is 5. The molecule has 40 heavy (non-hydrogen) atoms. The molecule has 2 aromatic carbocycles. The number of hydrogen-bond donors (Lipinski definition) is 1. The van der Waals surface area contributed by atoms with E-state index in [-0.39, 0.29) is 11.5 Å². The molecule has 0 aliphatic carbocycles. The lowest BCUT2D eigenvalue weighted by Gasteiger charge is -2.39. The lowest BCUT2D eigenvalue weighted by atomic mass is 9.81. The van der Waals surface area contributed by atoms with Gasteiger partial charge in [-0.25, -0.2) is 9.48 Å². The molecular formula is C30H29N5O4S. The first-order valence-electron chi connectivity index (χ1n) is 13.0. The number of anilines is 1. The van der Waals surface area contributed by atoms with Crippen LogP contribution >= 0.6 is 11.8 Å². The summed E-state index contributed by atoms with van der Waals surface area (Å²) >= 11 is 1.29. The molecule has 1 N–H and O–H groups in total. The van der Waals surface area contributed by atoms with Gasteiger partial charge >= 0.3 is 5.97 Å². The molecule has 10 heteroatoms. The molecule has 1 saturated heterocycles. The summed E-state index contributed by atoms with van der Waals surface area (Å²) in [7, 11) is 1.70. The zero-order chi connectivity index (χ0) is 28.3. The highest BCUT2D eigenvalue weighted by molar-refractivity contribution is 8.04. The van der Waals surface area contributed by atoms with E-state index in [1.54, 1.807) is 30.2 Å². The number of carboxylic acids is 1. The number of aryl methyl sites for hydroxylation is 1. The lowest BCUT2D eigenvalue weighted by molar-refractivity contribution is -0.140. The van der Waals surface area contributed by atoms with E-state index >= 15 is 0 Å². The van der Waals surface area contributed by atoms with E-state index in [9.17, 15) is 19.5 Å². The Kier molecular flexibility index (Phi) is 6.10. The molecule has 2 aromatic heterocycles. The molecule has 6 rings (SSSR count). The van der Waals surface area contributed by atoms with E-state index in [0.717, 1.165) is 27.1 Å². The second-order valence-corrected chi connectivity index (χ2v) is 12.2. The van der Waals surface area contributed by atoms with Crippen molar-refractivity contribution in [2.75, 3.05) is 4.90 Å². The second kappa shape index (κ2) is 9.41. The Balaban J connectivity index is 1.48. The predicted octanol–water partition coefficient (Wildman–Crippen LogP) is 4.53. The minimum atomic E-state index is -0.932. The fourth-order valence-electron chi connectivity index (χ4n) is 5.92. The summed E-state index contributed by atoms with van der Waals surface area (Å²) in [6.07, 6.45) is 5.35. The van der Waals surface area contributed by atoms with Crippen molar-refractivity contribution in [3.63, 3.8) is 0 Å². The molecule has 9 nitrogen and oxygen atoms in total. The number of hydrogen-bond acceptors (Lipinski definition) is 6. The van der Waals surface area contributed by atoms with Crippen molar-refractivity contribution in [1.82, 2.24) is 19.2 Å². The zero-order valence-electron chi connectivity index (χ0n) is 22.6. The topological polar surface area (TPSA) is 101 Å². The Hall–Kier alpha value is -4.31. The van der Waals surface area contributed by atoms with E-state index < -0.39 is 28.8 Å². The van der Waals surface area contributed by atoms with Gasteiger partial charge in [0.15, 0.2) is 5.37 Å². The van der Waals surface area contributed by atoms with Gasteiger partial charge in [-0.05, 0) is 50.6 Å². The number of aromatic nitrogens is 3. The van der Waals surface area contributed by atoms with Crippen LogP contribution in [0.1, 0.15) is 32.4 Å². The van der Waals surface area contributed by atoms with Gasteiger partial charge in [0.2, 0.25) is 11.5 Å². The molecule has 2 aliphatic heterocycles. The third-order valence-electron chi connectivity index (χ3n) is 7.80. The smallest absolute Gasteiger partial charge is 0.337 e. The van der Waals surface area contributed by atoms with Gasteiger partial charge in [0.05, 0.1) is 34.9 Å². The minimum absolute atomic E-state index is 0.0803. The standard InChI is InChI=1S/C30H29N5O4S/c1-18-16-33(27(40-18)28(37)38)26-25(19-8-6-5-7-9-19)34(29(39)30(26,2)3)21-10-12-23-20(14-21)15-31-35(23)22-11-13-24(36)32(4)17-22/h5-17,25-27H,1-4H3,(H,37,38)/t25-,26-,27?/m1/s1. The van der Waals surface area contributed by atoms with Crippen LogP contribution in [0.15, 0.2) is 89.0 Å². The maximum atomic E-state index is 14.2. The van der Waals surface area contributed by atoms with Crippen molar-refractivity contribution >= 4 is 40.2 Å². The molecule has 0 spiro atoms. The highest BCUT2D eigenvalue weighted by Crippen LogP contribution is 2.52. The van der Waals surface area contributed by atoms with E-state index in [4.69, 9.17) is 0 Å². The largest absolute Gasteiger partial charge is 0.479 e. The second-order valence-electron chi connectivity index (χ2n) is 10.8. The van der Waals surface area contributed by atoms with Gasteiger partial charge in [-0.2, -0.15) is 5.10 Å². The summed E-state index contributed by atoms with van der Waals surface area (Å²) in [5.41, 5.74) is 2.23. The quantitative estimate of drug-likeness (QED) is 0.386. The van der Waals surface area contributed by atoms with Crippen LogP contribution in [0.2, 0.25) is 0 Å². The fourth-order valence-corrected chi connectivity index (χ4v) is 6.87. The van der Waals surface area contributed by atoms with E-state index in [1.807, 2.05) is 85.3 Å². The van der Waals surface area contributed by atoms with Gasteiger partial charge in [-0.3, -0.25) is 9.59 Å². The van der Waals surface area contributed by atoms with E-state index in [2.05, 4.69) is 5.10 Å². The lowest BCUT2D eigenvalue weighted by Crippen LogP contribution is -2.48. The molecule has 0 radical (unpaired) electrons. The fraction of sp³-hybridized carbons (Fsp3) is 0.267. The molecule has 1 amide bonds. The van der Waals surface area contributed by atoms with Gasteiger partial charge in [-0.1, -0.05) is 42.1 Å². The van der Waals surface area contributed by atoms with Gasteiger partial charge in [0, 0.05) is 41.5 Å². The third kappa shape index (κ3) is 4.02. The monoisotopic (exact) mass is 555 g/mol. The molecule has 0 bridgehead atoms. The van der Waals surface area contributed by atoms with Crippen LogP contribution in [0.5, 0.6) is 0 Å². The first-order chi connectivity index (χ1) is 19.1. The van der Waals surface area contributed by atoms with Crippen molar-refractivity contribution < 1.29 is 14.7 Å². The van der Waals surface area contributed by atoms with E-state index in [1.165, 1.54) is 22.4 Å². The van der Waals surface area contributed by atoms with Gasteiger partial charge in [0.25, 0.3) is 0 Å². The molecule has 204 valence electrons. The molecule has 4 aromatic rings. The average molecular weight is 556 g/mol. The summed E-state index contributed by atoms with van der Waals surface area (Å²) < 4.78 is 3.27. The summed E-state index contributed by atoms with van der Waals surface area (Å²) in [4.78, 5) is 43.0.